The zero-order valence-electron chi connectivity index (χ0n) is 15.2. The van der Waals surface area contributed by atoms with E-state index in [1.165, 1.54) is 6.07 Å². The Morgan fingerprint density at radius 2 is 2.21 bits per heavy atom. The van der Waals surface area contributed by atoms with Crippen LogP contribution in [-0.2, 0) is 0 Å². The molecule has 0 radical (unpaired) electrons. The first kappa shape index (κ1) is 17.9. The van der Waals surface area contributed by atoms with Gasteiger partial charge in [-0.1, -0.05) is 10.7 Å². The number of aromatic nitrogens is 4. The number of nitrogens with zero attached hydrogens (tertiary/aromatic N) is 5. The Labute approximate surface area is 160 Å². The zero-order valence-corrected chi connectivity index (χ0v) is 15.2. The molecular weight excluding hydrogens is 360 g/mol. The predicted octanol–water partition coefficient (Wildman–Crippen LogP) is 2.90. The number of nitro groups is 1. The largest absolute Gasteiger partial charge is 0.334 e. The molecule has 1 aliphatic rings. The van der Waals surface area contributed by atoms with E-state index in [9.17, 15) is 10.1 Å². The van der Waals surface area contributed by atoms with Gasteiger partial charge in [0.05, 0.1) is 10.5 Å². The van der Waals surface area contributed by atoms with Crippen molar-refractivity contribution in [2.75, 3.05) is 13.1 Å². The maximum absolute atomic E-state index is 11.5. The molecule has 9 nitrogen and oxygen atoms in total. The highest BCUT2D eigenvalue weighted by Gasteiger charge is 2.29. The third-order valence-corrected chi connectivity index (χ3v) is 4.62. The van der Waals surface area contributed by atoms with Gasteiger partial charge in [0.15, 0.2) is 5.82 Å². The van der Waals surface area contributed by atoms with Crippen molar-refractivity contribution < 1.29 is 9.45 Å². The van der Waals surface area contributed by atoms with Crippen LogP contribution in [0.25, 0.3) is 17.5 Å². The van der Waals surface area contributed by atoms with Crippen LogP contribution < -0.4 is 5.32 Å². The summed E-state index contributed by atoms with van der Waals surface area (Å²) in [5.41, 5.74) is 2.94. The van der Waals surface area contributed by atoms with Crippen molar-refractivity contribution in [2.24, 2.45) is 0 Å². The van der Waals surface area contributed by atoms with Crippen molar-refractivity contribution in [1.29, 1.82) is 0 Å². The Balaban J connectivity index is 1.70. The fourth-order valence-electron chi connectivity index (χ4n) is 3.28. The monoisotopic (exact) mass is 378 g/mol. The summed E-state index contributed by atoms with van der Waals surface area (Å²) >= 11 is 0. The number of nitrogens with one attached hydrogen (secondary N) is 1. The molecule has 1 N–H and O–H groups in total. The summed E-state index contributed by atoms with van der Waals surface area (Å²) in [7, 11) is 0. The summed E-state index contributed by atoms with van der Waals surface area (Å²) in [5.74, 6) is 0.579. The highest BCUT2D eigenvalue weighted by atomic mass is 16.6. The van der Waals surface area contributed by atoms with Crippen molar-refractivity contribution in [3.05, 3.63) is 69.6 Å². The van der Waals surface area contributed by atoms with Crippen LogP contribution in [0.15, 0.2) is 46.8 Å². The molecule has 1 saturated heterocycles. The van der Waals surface area contributed by atoms with Crippen LogP contribution in [0.2, 0.25) is 0 Å². The van der Waals surface area contributed by atoms with Crippen LogP contribution in [-0.4, -0.2) is 38.1 Å². The minimum atomic E-state index is -0.386. The van der Waals surface area contributed by atoms with Gasteiger partial charge in [0.1, 0.15) is 5.69 Å². The number of pyridine rings is 2. The first-order valence-electron chi connectivity index (χ1n) is 8.89. The molecule has 0 bridgehead atoms. The summed E-state index contributed by atoms with van der Waals surface area (Å²) in [6.45, 7) is 3.16. The second-order valence-corrected chi connectivity index (χ2v) is 6.54. The van der Waals surface area contributed by atoms with Crippen LogP contribution in [0.3, 0.4) is 0 Å². The standard InChI is InChI=1S/C19H18N6O3/c1-12-4-5-16(25(26)27)18(22-12)15-11-21-8-6-13(15)9-17-23-19(28-24-17)14-3-2-7-20-10-14/h2-5,7,9-10,15,21H,6,8,11H2,1H3. The van der Waals surface area contributed by atoms with Crippen LogP contribution in [0.4, 0.5) is 5.69 Å². The smallest absolute Gasteiger partial charge is 0.291 e. The normalized spacial score (nSPS) is 18.3. The van der Waals surface area contributed by atoms with Crippen LogP contribution in [0, 0.1) is 17.0 Å². The Kier molecular flexibility index (Phi) is 4.90. The van der Waals surface area contributed by atoms with Gasteiger partial charge in [-0.25, -0.2) is 0 Å². The molecule has 1 aliphatic heterocycles. The molecule has 4 rings (SSSR count). The first-order chi connectivity index (χ1) is 13.6. The lowest BCUT2D eigenvalue weighted by Gasteiger charge is -2.25. The van der Waals surface area contributed by atoms with Gasteiger partial charge in [0, 0.05) is 36.6 Å². The lowest BCUT2D eigenvalue weighted by Crippen LogP contribution is -2.31. The molecule has 3 aromatic heterocycles. The molecule has 9 heteroatoms. The molecule has 28 heavy (non-hydrogen) atoms. The maximum Gasteiger partial charge on any atom is 0.291 e. The minimum absolute atomic E-state index is 0.0226. The lowest BCUT2D eigenvalue weighted by molar-refractivity contribution is -0.386. The minimum Gasteiger partial charge on any atom is -0.334 e. The molecule has 1 unspecified atom stereocenters. The molecule has 142 valence electrons. The van der Waals surface area contributed by atoms with Crippen LogP contribution in [0.5, 0.6) is 0 Å². The first-order valence-corrected chi connectivity index (χ1v) is 8.89. The number of aryl methyl sites for hydroxylation is 1. The summed E-state index contributed by atoms with van der Waals surface area (Å²) < 4.78 is 5.33. The zero-order chi connectivity index (χ0) is 19.5. The summed E-state index contributed by atoms with van der Waals surface area (Å²) in [5, 5.41) is 18.8. The molecule has 1 fully saturated rings. The molecule has 0 aromatic carbocycles. The lowest BCUT2D eigenvalue weighted by atomic mass is 9.88. The number of hydrogen-bond acceptors (Lipinski definition) is 8. The fraction of sp³-hybridized carbons (Fsp3) is 0.263. The van der Waals surface area contributed by atoms with Gasteiger partial charge in [0.25, 0.3) is 11.6 Å². The van der Waals surface area contributed by atoms with E-state index in [4.69, 9.17) is 4.52 Å². The van der Waals surface area contributed by atoms with Crippen LogP contribution >= 0.6 is 0 Å². The van der Waals surface area contributed by atoms with Gasteiger partial charge in [0.2, 0.25) is 0 Å². The molecule has 4 heterocycles. The quantitative estimate of drug-likeness (QED) is 0.543. The Hall–Kier alpha value is -3.46. The predicted molar refractivity (Wildman–Crippen MR) is 101 cm³/mol. The van der Waals surface area contributed by atoms with E-state index in [-0.39, 0.29) is 16.5 Å². The van der Waals surface area contributed by atoms with Gasteiger partial charge >= 0.3 is 0 Å². The van der Waals surface area contributed by atoms with Gasteiger partial charge in [-0.3, -0.25) is 20.1 Å². The van der Waals surface area contributed by atoms with E-state index in [0.29, 0.717) is 30.4 Å². The van der Waals surface area contributed by atoms with Gasteiger partial charge in [-0.2, -0.15) is 4.98 Å². The summed E-state index contributed by atoms with van der Waals surface area (Å²) in [6.07, 6.45) is 5.87. The Morgan fingerprint density at radius 1 is 1.32 bits per heavy atom. The highest BCUT2D eigenvalue weighted by Crippen LogP contribution is 2.34. The topological polar surface area (TPSA) is 120 Å². The van der Waals surface area contributed by atoms with Crippen molar-refractivity contribution >= 4 is 11.8 Å². The van der Waals surface area contributed by atoms with Crippen molar-refractivity contribution in [3.63, 3.8) is 0 Å². The molecule has 1 atom stereocenters. The number of piperidine rings is 1. The third-order valence-electron chi connectivity index (χ3n) is 4.62. The van der Waals surface area contributed by atoms with Crippen molar-refractivity contribution in [2.45, 2.75) is 19.3 Å². The van der Waals surface area contributed by atoms with E-state index in [1.54, 1.807) is 24.5 Å². The van der Waals surface area contributed by atoms with E-state index in [2.05, 4.69) is 25.4 Å². The SMILES string of the molecule is Cc1ccc([N+](=O)[O-])c(C2CNCCC2=Cc2noc(-c3cccnc3)n2)n1. The third kappa shape index (κ3) is 3.65. The second kappa shape index (κ2) is 7.65. The van der Waals surface area contributed by atoms with Crippen molar-refractivity contribution in [3.8, 4) is 11.5 Å². The van der Waals surface area contributed by atoms with Gasteiger partial charge < -0.3 is 9.84 Å². The molecule has 0 aliphatic carbocycles. The Bertz CT molecular complexity index is 1030. The molecule has 0 saturated carbocycles. The van der Waals surface area contributed by atoms with Crippen LogP contribution in [0.1, 0.15) is 29.6 Å². The van der Waals surface area contributed by atoms with Crippen molar-refractivity contribution in [1.82, 2.24) is 25.4 Å². The van der Waals surface area contributed by atoms with E-state index in [1.807, 2.05) is 19.1 Å². The average Bonchev–Trinajstić information content (AvgIpc) is 3.17. The second-order valence-electron chi connectivity index (χ2n) is 6.54. The summed E-state index contributed by atoms with van der Waals surface area (Å²) in [4.78, 5) is 24.0. The average molecular weight is 378 g/mol. The molecule has 3 aromatic rings. The van der Waals surface area contributed by atoms with Gasteiger partial charge in [-0.05, 0) is 44.2 Å². The van der Waals surface area contributed by atoms with E-state index < -0.39 is 0 Å². The number of hydrogen-bond donors (Lipinski definition) is 1. The molecule has 0 spiro atoms. The van der Waals surface area contributed by atoms with E-state index in [0.717, 1.165) is 23.4 Å². The fourth-order valence-corrected chi connectivity index (χ4v) is 3.28. The maximum atomic E-state index is 11.5. The highest BCUT2D eigenvalue weighted by molar-refractivity contribution is 5.56. The summed E-state index contributed by atoms with van der Waals surface area (Å²) in [6, 6.07) is 6.80. The molecule has 0 amide bonds. The molecular formula is C19H18N6O3. The number of rotatable bonds is 4. The van der Waals surface area contributed by atoms with Gasteiger partial charge in [-0.15, -0.1) is 0 Å². The Morgan fingerprint density at radius 3 is 3.00 bits per heavy atom. The van der Waals surface area contributed by atoms with E-state index >= 15 is 0 Å².